The number of amides is 3. The van der Waals surface area contributed by atoms with Crippen LogP contribution in [0.3, 0.4) is 0 Å². The molecule has 8 heteroatoms. The van der Waals surface area contributed by atoms with E-state index in [2.05, 4.69) is 5.32 Å². The van der Waals surface area contributed by atoms with E-state index in [1.54, 1.807) is 42.2 Å². The summed E-state index contributed by atoms with van der Waals surface area (Å²) in [6, 6.07) is 13.0. The topological polar surface area (TPSA) is 88.2 Å². The largest absolute Gasteiger partial charge is 0.497 e. The van der Waals surface area contributed by atoms with E-state index in [4.69, 9.17) is 9.47 Å². The minimum atomic E-state index is -0.345. The molecule has 0 saturated carbocycles. The number of anilines is 2. The lowest BCUT2D eigenvalue weighted by atomic mass is 9.94. The molecule has 0 bridgehead atoms. The lowest BCUT2D eigenvalue weighted by Gasteiger charge is -2.33. The van der Waals surface area contributed by atoms with Gasteiger partial charge in [-0.2, -0.15) is 0 Å². The standard InChI is InChI=1S/C26H31N3O5/c1-17-4-6-20(7-5-17)29-16-19(14-24(29)30)26(32)28-12-10-18(11-13-28)25(31)27-22-9-8-21(33-2)15-23(22)34-3/h4-9,15,18-19H,10-14,16H2,1-3H3,(H,27,31)/t19-/m1/s1. The second-order valence-corrected chi connectivity index (χ2v) is 8.90. The number of piperidine rings is 1. The van der Waals surface area contributed by atoms with E-state index < -0.39 is 0 Å². The molecule has 8 nitrogen and oxygen atoms in total. The quantitative estimate of drug-likeness (QED) is 0.708. The molecule has 1 atom stereocenters. The maximum Gasteiger partial charge on any atom is 0.228 e. The monoisotopic (exact) mass is 465 g/mol. The summed E-state index contributed by atoms with van der Waals surface area (Å²) >= 11 is 0. The number of carbonyl (C=O) groups excluding carboxylic acids is 3. The van der Waals surface area contributed by atoms with Gasteiger partial charge < -0.3 is 24.6 Å². The fraction of sp³-hybridized carbons (Fsp3) is 0.423. The first-order chi connectivity index (χ1) is 16.4. The van der Waals surface area contributed by atoms with Crippen molar-refractivity contribution in [3.63, 3.8) is 0 Å². The summed E-state index contributed by atoms with van der Waals surface area (Å²) < 4.78 is 10.6. The van der Waals surface area contributed by atoms with Crippen molar-refractivity contribution >= 4 is 29.1 Å². The van der Waals surface area contributed by atoms with E-state index >= 15 is 0 Å². The molecule has 1 N–H and O–H groups in total. The molecule has 180 valence electrons. The van der Waals surface area contributed by atoms with Gasteiger partial charge in [0.1, 0.15) is 11.5 Å². The molecule has 2 heterocycles. The predicted octanol–water partition coefficient (Wildman–Crippen LogP) is 3.24. The van der Waals surface area contributed by atoms with Crippen molar-refractivity contribution in [2.24, 2.45) is 11.8 Å². The minimum absolute atomic E-state index is 0.00126. The van der Waals surface area contributed by atoms with Crippen molar-refractivity contribution in [1.29, 1.82) is 0 Å². The van der Waals surface area contributed by atoms with Crippen molar-refractivity contribution in [2.75, 3.05) is 44.1 Å². The van der Waals surface area contributed by atoms with Crippen LogP contribution < -0.4 is 19.7 Å². The van der Waals surface area contributed by atoms with Crippen molar-refractivity contribution in [3.8, 4) is 11.5 Å². The molecule has 2 aliphatic heterocycles. The first-order valence-corrected chi connectivity index (χ1v) is 11.6. The van der Waals surface area contributed by atoms with E-state index in [-0.39, 0.29) is 36.0 Å². The molecule has 3 amide bonds. The highest BCUT2D eigenvalue weighted by atomic mass is 16.5. The summed E-state index contributed by atoms with van der Waals surface area (Å²) in [5, 5.41) is 2.94. The zero-order valence-corrected chi connectivity index (χ0v) is 19.9. The Hall–Kier alpha value is -3.55. The number of ether oxygens (including phenoxy) is 2. The van der Waals surface area contributed by atoms with Crippen molar-refractivity contribution in [2.45, 2.75) is 26.2 Å². The smallest absolute Gasteiger partial charge is 0.228 e. The van der Waals surface area contributed by atoms with Gasteiger partial charge in [0.2, 0.25) is 17.7 Å². The zero-order valence-electron chi connectivity index (χ0n) is 19.9. The molecule has 2 aromatic carbocycles. The lowest BCUT2D eigenvalue weighted by Crippen LogP contribution is -2.44. The van der Waals surface area contributed by atoms with Gasteiger partial charge >= 0.3 is 0 Å². The molecule has 2 aliphatic rings. The molecule has 0 aromatic heterocycles. The van der Waals surface area contributed by atoms with Crippen LogP contribution in [-0.4, -0.2) is 56.5 Å². The third-order valence-corrected chi connectivity index (χ3v) is 6.66. The van der Waals surface area contributed by atoms with Crippen LogP contribution in [0.2, 0.25) is 0 Å². The van der Waals surface area contributed by atoms with Crippen LogP contribution in [0.5, 0.6) is 11.5 Å². The summed E-state index contributed by atoms with van der Waals surface area (Å²) in [5.74, 6) is 0.533. The highest BCUT2D eigenvalue weighted by molar-refractivity contribution is 6.00. The van der Waals surface area contributed by atoms with Crippen LogP contribution in [-0.2, 0) is 14.4 Å². The van der Waals surface area contributed by atoms with E-state index in [0.29, 0.717) is 49.7 Å². The zero-order chi connectivity index (χ0) is 24.2. The Kier molecular flexibility index (Phi) is 7.05. The van der Waals surface area contributed by atoms with Gasteiger partial charge in [0.25, 0.3) is 0 Å². The number of likely N-dealkylation sites (tertiary alicyclic amines) is 1. The van der Waals surface area contributed by atoms with Crippen LogP contribution in [0, 0.1) is 18.8 Å². The summed E-state index contributed by atoms with van der Waals surface area (Å²) in [6.07, 6.45) is 1.39. The molecule has 0 radical (unpaired) electrons. The predicted molar refractivity (Wildman–Crippen MR) is 129 cm³/mol. The molecule has 0 spiro atoms. The normalized spacial score (nSPS) is 18.7. The SMILES string of the molecule is COc1ccc(NC(=O)C2CCN(C(=O)[C@@H]3CC(=O)N(c4ccc(C)cc4)C3)CC2)c(OC)c1. The number of aryl methyl sites for hydroxylation is 1. The summed E-state index contributed by atoms with van der Waals surface area (Å²) in [7, 11) is 3.12. The number of nitrogens with one attached hydrogen (secondary N) is 1. The minimum Gasteiger partial charge on any atom is -0.497 e. The van der Waals surface area contributed by atoms with Crippen LogP contribution >= 0.6 is 0 Å². The maximum absolute atomic E-state index is 13.1. The molecular formula is C26H31N3O5. The molecule has 2 saturated heterocycles. The lowest BCUT2D eigenvalue weighted by molar-refractivity contribution is -0.138. The van der Waals surface area contributed by atoms with Gasteiger partial charge in [0.15, 0.2) is 0 Å². The second kappa shape index (κ2) is 10.2. The third kappa shape index (κ3) is 5.00. The fourth-order valence-electron chi connectivity index (χ4n) is 4.60. The van der Waals surface area contributed by atoms with Gasteiger partial charge in [-0.05, 0) is 44.0 Å². The van der Waals surface area contributed by atoms with Crippen molar-refractivity contribution < 1.29 is 23.9 Å². The van der Waals surface area contributed by atoms with Crippen molar-refractivity contribution in [3.05, 3.63) is 48.0 Å². The Morgan fingerprint density at radius 2 is 1.68 bits per heavy atom. The molecule has 0 aliphatic carbocycles. The van der Waals surface area contributed by atoms with Crippen molar-refractivity contribution in [1.82, 2.24) is 4.90 Å². The number of carbonyl (C=O) groups is 3. The number of nitrogens with zero attached hydrogens (tertiary/aromatic N) is 2. The van der Waals surface area contributed by atoms with Crippen LogP contribution in [0.4, 0.5) is 11.4 Å². The van der Waals surface area contributed by atoms with Gasteiger partial charge in [-0.3, -0.25) is 14.4 Å². The molecule has 34 heavy (non-hydrogen) atoms. The van der Waals surface area contributed by atoms with Gasteiger partial charge in [0, 0.05) is 43.7 Å². The number of rotatable bonds is 6. The molecule has 2 aromatic rings. The summed E-state index contributed by atoms with van der Waals surface area (Å²) in [4.78, 5) is 42.0. The van der Waals surface area contributed by atoms with E-state index in [0.717, 1.165) is 11.3 Å². The van der Waals surface area contributed by atoms with Gasteiger partial charge in [-0.25, -0.2) is 0 Å². The Morgan fingerprint density at radius 1 is 0.971 bits per heavy atom. The van der Waals surface area contributed by atoms with Gasteiger partial charge in [-0.15, -0.1) is 0 Å². The molecule has 0 unspecified atom stereocenters. The highest BCUT2D eigenvalue weighted by Crippen LogP contribution is 2.31. The number of hydrogen-bond acceptors (Lipinski definition) is 5. The van der Waals surface area contributed by atoms with Crippen LogP contribution in [0.15, 0.2) is 42.5 Å². The van der Waals surface area contributed by atoms with E-state index in [9.17, 15) is 14.4 Å². The number of methoxy groups -OCH3 is 2. The second-order valence-electron chi connectivity index (χ2n) is 8.90. The summed E-state index contributed by atoms with van der Waals surface area (Å²) in [6.45, 7) is 3.41. The number of benzene rings is 2. The Balaban J connectivity index is 1.31. The van der Waals surface area contributed by atoms with Crippen LogP contribution in [0.25, 0.3) is 0 Å². The maximum atomic E-state index is 13.1. The van der Waals surface area contributed by atoms with Crippen LogP contribution in [0.1, 0.15) is 24.8 Å². The number of hydrogen-bond donors (Lipinski definition) is 1. The fourth-order valence-corrected chi connectivity index (χ4v) is 4.60. The van der Waals surface area contributed by atoms with E-state index in [1.165, 1.54) is 0 Å². The average Bonchev–Trinajstić information content (AvgIpc) is 3.25. The average molecular weight is 466 g/mol. The Labute approximate surface area is 199 Å². The Morgan fingerprint density at radius 3 is 2.32 bits per heavy atom. The summed E-state index contributed by atoms with van der Waals surface area (Å²) in [5.41, 5.74) is 2.54. The first kappa shape index (κ1) is 23.6. The van der Waals surface area contributed by atoms with Gasteiger partial charge in [-0.1, -0.05) is 17.7 Å². The molecule has 2 fully saturated rings. The Bertz CT molecular complexity index is 1060. The third-order valence-electron chi connectivity index (χ3n) is 6.66. The first-order valence-electron chi connectivity index (χ1n) is 11.6. The van der Waals surface area contributed by atoms with E-state index in [1.807, 2.05) is 31.2 Å². The van der Waals surface area contributed by atoms with Gasteiger partial charge in [0.05, 0.1) is 25.8 Å². The highest BCUT2D eigenvalue weighted by Gasteiger charge is 2.38. The molecule has 4 rings (SSSR count). The molecular weight excluding hydrogens is 434 g/mol.